The lowest BCUT2D eigenvalue weighted by molar-refractivity contribution is 0.0914. The third kappa shape index (κ3) is 2.93. The third-order valence-electron chi connectivity index (χ3n) is 3.35. The van der Waals surface area contributed by atoms with E-state index in [1.54, 1.807) is 12.1 Å². The fourth-order valence-electron chi connectivity index (χ4n) is 2.22. The zero-order valence-electron chi connectivity index (χ0n) is 11.5. The van der Waals surface area contributed by atoms with E-state index in [1.165, 1.54) is 0 Å². The number of hydrogen-bond acceptors (Lipinski definition) is 2. The van der Waals surface area contributed by atoms with Gasteiger partial charge in [0.15, 0.2) is 5.76 Å². The molecular formula is C17H14ClNO2. The second-order valence-corrected chi connectivity index (χ2v) is 5.34. The average molecular weight is 300 g/mol. The molecule has 1 heterocycles. The Morgan fingerprint density at radius 2 is 1.95 bits per heavy atom. The Labute approximate surface area is 127 Å². The first-order valence-electron chi connectivity index (χ1n) is 6.68. The lowest BCUT2D eigenvalue weighted by atomic mass is 10.1. The van der Waals surface area contributed by atoms with Crippen molar-refractivity contribution in [1.29, 1.82) is 0 Å². The first kappa shape index (κ1) is 13.7. The summed E-state index contributed by atoms with van der Waals surface area (Å²) < 4.78 is 5.55. The SMILES string of the molecule is C[C@H](NC(=O)c1cc2ccccc2o1)c1cccc(Cl)c1. The van der Waals surface area contributed by atoms with E-state index < -0.39 is 0 Å². The summed E-state index contributed by atoms with van der Waals surface area (Å²) in [7, 11) is 0. The predicted octanol–water partition coefficient (Wildman–Crippen LogP) is 4.58. The molecule has 0 radical (unpaired) electrons. The van der Waals surface area contributed by atoms with Crippen LogP contribution in [0.5, 0.6) is 0 Å². The van der Waals surface area contributed by atoms with Gasteiger partial charge in [0.2, 0.25) is 0 Å². The standard InChI is InChI=1S/C17H14ClNO2/c1-11(12-6-4-7-14(18)9-12)19-17(20)16-10-13-5-2-3-8-15(13)21-16/h2-11H,1H3,(H,19,20)/t11-/m0/s1. The first-order valence-corrected chi connectivity index (χ1v) is 7.06. The van der Waals surface area contributed by atoms with Crippen LogP contribution in [0.3, 0.4) is 0 Å². The maximum absolute atomic E-state index is 12.2. The summed E-state index contributed by atoms with van der Waals surface area (Å²) in [5, 5.41) is 4.47. The number of fused-ring (bicyclic) bond motifs is 1. The number of furan rings is 1. The van der Waals surface area contributed by atoms with Gasteiger partial charge in [0.1, 0.15) is 5.58 Å². The monoisotopic (exact) mass is 299 g/mol. The molecule has 1 aromatic heterocycles. The number of amides is 1. The van der Waals surface area contributed by atoms with Crippen molar-refractivity contribution in [3.63, 3.8) is 0 Å². The Bertz CT molecular complexity index is 761. The molecule has 0 saturated carbocycles. The van der Waals surface area contributed by atoms with Crippen molar-refractivity contribution in [2.24, 2.45) is 0 Å². The molecule has 1 N–H and O–H groups in total. The van der Waals surface area contributed by atoms with Gasteiger partial charge in [-0.25, -0.2) is 0 Å². The number of carbonyl (C=O) groups excluding carboxylic acids is 1. The van der Waals surface area contributed by atoms with Gasteiger partial charge < -0.3 is 9.73 Å². The van der Waals surface area contributed by atoms with Crippen molar-refractivity contribution in [2.45, 2.75) is 13.0 Å². The largest absolute Gasteiger partial charge is 0.451 e. The highest BCUT2D eigenvalue weighted by molar-refractivity contribution is 6.30. The summed E-state index contributed by atoms with van der Waals surface area (Å²) in [5.41, 5.74) is 1.66. The van der Waals surface area contributed by atoms with Crippen LogP contribution in [-0.4, -0.2) is 5.91 Å². The Morgan fingerprint density at radius 3 is 2.71 bits per heavy atom. The summed E-state index contributed by atoms with van der Waals surface area (Å²) >= 11 is 5.96. The Kier molecular flexibility index (Phi) is 3.67. The number of para-hydroxylation sites is 1. The quantitative estimate of drug-likeness (QED) is 0.769. The number of nitrogens with one attached hydrogen (secondary N) is 1. The summed E-state index contributed by atoms with van der Waals surface area (Å²) in [5.74, 6) is 0.0729. The molecule has 3 rings (SSSR count). The van der Waals surface area contributed by atoms with Gasteiger partial charge in [0.05, 0.1) is 6.04 Å². The highest BCUT2D eigenvalue weighted by Gasteiger charge is 2.15. The highest BCUT2D eigenvalue weighted by atomic mass is 35.5. The zero-order chi connectivity index (χ0) is 14.8. The first-order chi connectivity index (χ1) is 10.1. The van der Waals surface area contributed by atoms with Crippen LogP contribution in [0.4, 0.5) is 0 Å². The Hall–Kier alpha value is -2.26. The van der Waals surface area contributed by atoms with Gasteiger partial charge in [-0.2, -0.15) is 0 Å². The van der Waals surface area contributed by atoms with Gasteiger partial charge in [-0.3, -0.25) is 4.79 Å². The summed E-state index contributed by atoms with van der Waals surface area (Å²) in [6.07, 6.45) is 0. The molecule has 0 spiro atoms. The minimum Gasteiger partial charge on any atom is -0.451 e. The molecule has 3 aromatic rings. The molecule has 0 saturated heterocycles. The molecular weight excluding hydrogens is 286 g/mol. The van der Waals surface area contributed by atoms with Gasteiger partial charge in [-0.1, -0.05) is 41.9 Å². The van der Waals surface area contributed by atoms with E-state index in [2.05, 4.69) is 5.32 Å². The lowest BCUT2D eigenvalue weighted by Crippen LogP contribution is -2.26. The van der Waals surface area contributed by atoms with E-state index in [4.69, 9.17) is 16.0 Å². The molecule has 21 heavy (non-hydrogen) atoms. The van der Waals surface area contributed by atoms with Crippen molar-refractivity contribution in [3.8, 4) is 0 Å². The minimum atomic E-state index is -0.237. The lowest BCUT2D eigenvalue weighted by Gasteiger charge is -2.13. The smallest absolute Gasteiger partial charge is 0.287 e. The number of benzene rings is 2. The Balaban J connectivity index is 1.79. The van der Waals surface area contributed by atoms with Gasteiger partial charge in [0.25, 0.3) is 5.91 Å². The zero-order valence-corrected chi connectivity index (χ0v) is 12.2. The van der Waals surface area contributed by atoms with Crippen LogP contribution >= 0.6 is 11.6 Å². The van der Waals surface area contributed by atoms with Crippen LogP contribution in [0.15, 0.2) is 59.0 Å². The molecule has 0 aliphatic rings. The summed E-state index contributed by atoms with van der Waals surface area (Å²) in [6.45, 7) is 1.91. The molecule has 0 unspecified atom stereocenters. The molecule has 0 aliphatic heterocycles. The highest BCUT2D eigenvalue weighted by Crippen LogP contribution is 2.21. The van der Waals surface area contributed by atoms with Crippen molar-refractivity contribution in [3.05, 3.63) is 70.9 Å². The normalized spacial score (nSPS) is 12.3. The maximum Gasteiger partial charge on any atom is 0.287 e. The molecule has 3 nitrogen and oxygen atoms in total. The van der Waals surface area contributed by atoms with E-state index in [9.17, 15) is 4.79 Å². The molecule has 1 amide bonds. The van der Waals surface area contributed by atoms with E-state index in [0.717, 1.165) is 10.9 Å². The number of halogens is 1. The van der Waals surface area contributed by atoms with Crippen LogP contribution < -0.4 is 5.32 Å². The van der Waals surface area contributed by atoms with Crippen molar-refractivity contribution < 1.29 is 9.21 Å². The van der Waals surface area contributed by atoms with E-state index in [-0.39, 0.29) is 11.9 Å². The second kappa shape index (κ2) is 5.62. The van der Waals surface area contributed by atoms with Gasteiger partial charge in [-0.05, 0) is 36.8 Å². The van der Waals surface area contributed by atoms with Crippen LogP contribution in [0.1, 0.15) is 29.1 Å². The molecule has 2 aromatic carbocycles. The van der Waals surface area contributed by atoms with Crippen molar-refractivity contribution in [1.82, 2.24) is 5.32 Å². The average Bonchev–Trinajstić information content (AvgIpc) is 2.91. The summed E-state index contributed by atoms with van der Waals surface area (Å²) in [6, 6.07) is 16.6. The fraction of sp³-hybridized carbons (Fsp3) is 0.118. The Morgan fingerprint density at radius 1 is 1.14 bits per heavy atom. The molecule has 106 valence electrons. The molecule has 0 fully saturated rings. The fourth-order valence-corrected chi connectivity index (χ4v) is 2.42. The number of rotatable bonds is 3. The van der Waals surface area contributed by atoms with Gasteiger partial charge >= 0.3 is 0 Å². The van der Waals surface area contributed by atoms with E-state index in [1.807, 2.05) is 49.4 Å². The predicted molar refractivity (Wildman–Crippen MR) is 83.5 cm³/mol. The molecule has 0 aliphatic carbocycles. The van der Waals surface area contributed by atoms with Gasteiger partial charge in [0, 0.05) is 10.4 Å². The van der Waals surface area contributed by atoms with Gasteiger partial charge in [-0.15, -0.1) is 0 Å². The minimum absolute atomic E-state index is 0.149. The topological polar surface area (TPSA) is 42.2 Å². The van der Waals surface area contributed by atoms with Crippen molar-refractivity contribution in [2.75, 3.05) is 0 Å². The van der Waals surface area contributed by atoms with Crippen LogP contribution in [0, 0.1) is 0 Å². The van der Waals surface area contributed by atoms with E-state index in [0.29, 0.717) is 16.4 Å². The molecule has 1 atom stereocenters. The van der Waals surface area contributed by atoms with Crippen LogP contribution in [0.25, 0.3) is 11.0 Å². The third-order valence-corrected chi connectivity index (χ3v) is 3.58. The van der Waals surface area contributed by atoms with E-state index >= 15 is 0 Å². The number of hydrogen-bond donors (Lipinski definition) is 1. The van der Waals surface area contributed by atoms with Crippen molar-refractivity contribution >= 4 is 28.5 Å². The van der Waals surface area contributed by atoms with Crippen LogP contribution in [0.2, 0.25) is 5.02 Å². The number of carbonyl (C=O) groups is 1. The second-order valence-electron chi connectivity index (χ2n) is 4.90. The molecule has 4 heteroatoms. The summed E-state index contributed by atoms with van der Waals surface area (Å²) in [4.78, 5) is 12.2. The molecule has 0 bridgehead atoms. The van der Waals surface area contributed by atoms with Crippen LogP contribution in [-0.2, 0) is 0 Å². The maximum atomic E-state index is 12.2.